The molecule has 0 amide bonds. The van der Waals surface area contributed by atoms with Gasteiger partial charge in [-0.2, -0.15) is 5.10 Å². The number of benzene rings is 1. The molecule has 0 radical (unpaired) electrons. The lowest BCUT2D eigenvalue weighted by atomic mass is 9.68. The van der Waals surface area contributed by atoms with Crippen LogP contribution in [0.15, 0.2) is 41.2 Å². The van der Waals surface area contributed by atoms with Crippen molar-refractivity contribution < 1.29 is 0 Å². The Labute approximate surface area is 153 Å². The molecule has 2 aliphatic carbocycles. The van der Waals surface area contributed by atoms with Gasteiger partial charge in [0.2, 0.25) is 0 Å². The minimum absolute atomic E-state index is 0.0115. The normalized spacial score (nSPS) is 26.6. The Morgan fingerprint density at radius 3 is 2.56 bits per heavy atom. The first-order chi connectivity index (χ1) is 12.1. The summed E-state index contributed by atoms with van der Waals surface area (Å²) in [6.07, 6.45) is 6.14. The Balaban J connectivity index is 1.56. The summed E-state index contributed by atoms with van der Waals surface area (Å²) in [5.41, 5.74) is 8.44. The Kier molecular flexibility index (Phi) is 4.42. The molecule has 2 fully saturated rings. The predicted molar refractivity (Wildman–Crippen MR) is 100 cm³/mol. The van der Waals surface area contributed by atoms with Crippen LogP contribution in [-0.2, 0) is 5.41 Å². The van der Waals surface area contributed by atoms with Crippen molar-refractivity contribution in [1.82, 2.24) is 9.78 Å². The molecule has 25 heavy (non-hydrogen) atoms. The Morgan fingerprint density at radius 1 is 1.16 bits per heavy atom. The molecule has 0 saturated heterocycles. The largest absolute Gasteiger partial charge is 0.330 e. The van der Waals surface area contributed by atoms with Crippen molar-refractivity contribution >= 4 is 11.6 Å². The van der Waals surface area contributed by atoms with Crippen LogP contribution >= 0.6 is 11.6 Å². The van der Waals surface area contributed by atoms with Crippen molar-refractivity contribution in [2.75, 3.05) is 6.54 Å². The molecule has 2 aliphatic rings. The summed E-state index contributed by atoms with van der Waals surface area (Å²) in [5, 5.41) is 5.42. The fourth-order valence-corrected chi connectivity index (χ4v) is 4.32. The van der Waals surface area contributed by atoms with Crippen LogP contribution in [0.1, 0.15) is 61.7 Å². The van der Waals surface area contributed by atoms with Gasteiger partial charge in [0.1, 0.15) is 0 Å². The molecule has 2 N–H and O–H groups in total. The lowest BCUT2D eigenvalue weighted by Crippen LogP contribution is -2.41. The van der Waals surface area contributed by atoms with Gasteiger partial charge in [-0.15, -0.1) is 0 Å². The third-order valence-electron chi connectivity index (χ3n) is 5.93. The van der Waals surface area contributed by atoms with Gasteiger partial charge in [-0.3, -0.25) is 4.79 Å². The van der Waals surface area contributed by atoms with E-state index in [1.807, 2.05) is 24.3 Å². The van der Waals surface area contributed by atoms with E-state index in [0.717, 1.165) is 36.4 Å². The van der Waals surface area contributed by atoms with E-state index in [9.17, 15) is 4.79 Å². The monoisotopic (exact) mass is 357 g/mol. The highest BCUT2D eigenvalue weighted by Gasteiger charge is 2.37. The lowest BCUT2D eigenvalue weighted by molar-refractivity contribution is 0.221. The van der Waals surface area contributed by atoms with E-state index in [2.05, 4.69) is 11.2 Å². The van der Waals surface area contributed by atoms with E-state index in [4.69, 9.17) is 17.3 Å². The van der Waals surface area contributed by atoms with Crippen molar-refractivity contribution in [3.8, 4) is 0 Å². The number of nitrogens with zero attached hydrogens (tertiary/aromatic N) is 2. The van der Waals surface area contributed by atoms with E-state index in [1.54, 1.807) is 10.7 Å². The zero-order valence-corrected chi connectivity index (χ0v) is 15.1. The number of nitrogens with two attached hydrogens (primary N) is 1. The third kappa shape index (κ3) is 3.25. The summed E-state index contributed by atoms with van der Waals surface area (Å²) in [6.45, 7) is 0.602. The number of aromatic nitrogens is 2. The summed E-state index contributed by atoms with van der Waals surface area (Å²) in [6, 6.07) is 11.8. The van der Waals surface area contributed by atoms with E-state index in [1.165, 1.54) is 18.4 Å². The van der Waals surface area contributed by atoms with Crippen LogP contribution in [0.5, 0.6) is 0 Å². The van der Waals surface area contributed by atoms with Gasteiger partial charge < -0.3 is 5.73 Å². The highest BCUT2D eigenvalue weighted by Crippen LogP contribution is 2.43. The molecule has 0 bridgehead atoms. The van der Waals surface area contributed by atoms with Gasteiger partial charge in [-0.1, -0.05) is 23.7 Å². The van der Waals surface area contributed by atoms with Crippen LogP contribution in [0, 0.1) is 0 Å². The van der Waals surface area contributed by atoms with E-state index in [0.29, 0.717) is 12.5 Å². The molecule has 0 spiro atoms. The molecular formula is C20H24ClN3O. The summed E-state index contributed by atoms with van der Waals surface area (Å²) in [7, 11) is 0. The molecule has 5 heteroatoms. The maximum absolute atomic E-state index is 12.3. The first kappa shape index (κ1) is 16.8. The van der Waals surface area contributed by atoms with Crippen LogP contribution < -0.4 is 11.3 Å². The van der Waals surface area contributed by atoms with Gasteiger partial charge in [0.05, 0.1) is 11.7 Å². The van der Waals surface area contributed by atoms with Gasteiger partial charge in [-0.05, 0) is 62.3 Å². The fourth-order valence-electron chi connectivity index (χ4n) is 4.13. The quantitative estimate of drug-likeness (QED) is 0.905. The van der Waals surface area contributed by atoms with Gasteiger partial charge in [0.15, 0.2) is 0 Å². The van der Waals surface area contributed by atoms with Crippen LogP contribution in [0.3, 0.4) is 0 Å². The van der Waals surface area contributed by atoms with Crippen LogP contribution in [-0.4, -0.2) is 16.3 Å². The maximum Gasteiger partial charge on any atom is 0.267 e. The molecule has 4 nitrogen and oxygen atoms in total. The predicted octanol–water partition coefficient (Wildman–Crippen LogP) is 3.79. The minimum Gasteiger partial charge on any atom is -0.330 e. The maximum atomic E-state index is 12.3. The average Bonchev–Trinajstić information content (AvgIpc) is 3.47. The molecule has 0 aliphatic heterocycles. The standard InChI is InChI=1S/C20H24ClN3O/c21-16-3-1-2-15(12-16)20(13-22)10-8-17(9-11-20)24-19(25)7-6-18(23-24)14-4-5-14/h1-3,6-7,12,14,17H,4-5,8-11,13,22H2/t17-,20-. The topological polar surface area (TPSA) is 60.9 Å². The summed E-state index contributed by atoms with van der Waals surface area (Å²) < 4.78 is 1.73. The molecule has 4 rings (SSSR count). The van der Waals surface area contributed by atoms with Crippen molar-refractivity contribution in [2.24, 2.45) is 5.73 Å². The minimum atomic E-state index is -0.0425. The van der Waals surface area contributed by atoms with Crippen molar-refractivity contribution in [3.05, 3.63) is 63.0 Å². The Hall–Kier alpha value is -1.65. The highest BCUT2D eigenvalue weighted by atomic mass is 35.5. The summed E-state index contributed by atoms with van der Waals surface area (Å²) in [5.74, 6) is 0.560. The van der Waals surface area contributed by atoms with Crippen LogP contribution in [0.4, 0.5) is 0 Å². The molecular weight excluding hydrogens is 334 g/mol. The molecule has 1 aromatic carbocycles. The Morgan fingerprint density at radius 2 is 1.92 bits per heavy atom. The zero-order chi connectivity index (χ0) is 17.4. The van der Waals surface area contributed by atoms with Crippen LogP contribution in [0.25, 0.3) is 0 Å². The van der Waals surface area contributed by atoms with Gasteiger partial charge >= 0.3 is 0 Å². The summed E-state index contributed by atoms with van der Waals surface area (Å²) >= 11 is 6.19. The number of hydrogen-bond donors (Lipinski definition) is 1. The highest BCUT2D eigenvalue weighted by molar-refractivity contribution is 6.30. The second-order valence-corrected chi connectivity index (χ2v) is 7.98. The second-order valence-electron chi connectivity index (χ2n) is 7.54. The molecule has 132 valence electrons. The number of rotatable bonds is 4. The SMILES string of the molecule is NC[C@]1(c2cccc(Cl)c2)CC[C@H](n2nc(C3CC3)ccc2=O)CC1. The molecule has 0 atom stereocenters. The van der Waals surface area contributed by atoms with Crippen molar-refractivity contribution in [1.29, 1.82) is 0 Å². The third-order valence-corrected chi connectivity index (χ3v) is 6.16. The second kappa shape index (κ2) is 6.58. The first-order valence-corrected chi connectivity index (χ1v) is 9.55. The first-order valence-electron chi connectivity index (χ1n) is 9.17. The van der Waals surface area contributed by atoms with Gasteiger partial charge in [-0.25, -0.2) is 4.68 Å². The molecule has 2 aromatic rings. The van der Waals surface area contributed by atoms with Crippen molar-refractivity contribution in [3.63, 3.8) is 0 Å². The molecule has 0 unspecified atom stereocenters. The number of halogens is 1. The van der Waals surface area contributed by atoms with E-state index >= 15 is 0 Å². The van der Waals surface area contributed by atoms with Gasteiger partial charge in [0, 0.05) is 29.0 Å². The number of hydrogen-bond acceptors (Lipinski definition) is 3. The van der Waals surface area contributed by atoms with E-state index < -0.39 is 0 Å². The summed E-state index contributed by atoms with van der Waals surface area (Å²) in [4.78, 5) is 12.3. The van der Waals surface area contributed by atoms with Crippen LogP contribution in [0.2, 0.25) is 5.02 Å². The fraction of sp³-hybridized carbons (Fsp3) is 0.500. The lowest BCUT2D eigenvalue weighted by Gasteiger charge is -2.40. The Bertz CT molecular complexity index is 820. The molecule has 1 heterocycles. The zero-order valence-electron chi connectivity index (χ0n) is 14.3. The average molecular weight is 358 g/mol. The molecule has 2 saturated carbocycles. The van der Waals surface area contributed by atoms with E-state index in [-0.39, 0.29) is 17.0 Å². The van der Waals surface area contributed by atoms with Gasteiger partial charge in [0.25, 0.3) is 5.56 Å². The molecule has 1 aromatic heterocycles. The smallest absolute Gasteiger partial charge is 0.267 e. The van der Waals surface area contributed by atoms with Crippen molar-refractivity contribution in [2.45, 2.75) is 55.9 Å².